The fourth-order valence-corrected chi connectivity index (χ4v) is 2.48. The van der Waals surface area contributed by atoms with Gasteiger partial charge in [-0.25, -0.2) is 4.79 Å². The Balaban J connectivity index is 1.81. The Labute approximate surface area is 139 Å². The van der Waals surface area contributed by atoms with Crippen LogP contribution in [0.4, 0.5) is 16.2 Å². The third-order valence-electron chi connectivity index (χ3n) is 3.38. The summed E-state index contributed by atoms with van der Waals surface area (Å²) >= 11 is 6.06. The van der Waals surface area contributed by atoms with Crippen LogP contribution in [0.15, 0.2) is 78.9 Å². The van der Waals surface area contributed by atoms with Gasteiger partial charge in [-0.05, 0) is 23.8 Å². The number of hydrogen-bond donors (Lipinski definition) is 2. The first-order chi connectivity index (χ1) is 11.2. The number of nitrogens with one attached hydrogen (secondary N) is 2. The van der Waals surface area contributed by atoms with Gasteiger partial charge in [0, 0.05) is 5.56 Å². The predicted octanol–water partition coefficient (Wildman–Crippen LogP) is 5.65. The lowest BCUT2D eigenvalue weighted by Gasteiger charge is -2.12. The lowest BCUT2D eigenvalue weighted by Crippen LogP contribution is -2.20. The number of benzene rings is 3. The highest BCUT2D eigenvalue weighted by molar-refractivity contribution is 6.33. The average molecular weight is 323 g/mol. The highest BCUT2D eigenvalue weighted by Crippen LogP contribution is 2.28. The summed E-state index contributed by atoms with van der Waals surface area (Å²) in [6, 6.07) is 24.4. The highest BCUT2D eigenvalue weighted by Gasteiger charge is 2.09. The van der Waals surface area contributed by atoms with Crippen LogP contribution in [-0.4, -0.2) is 6.03 Å². The third-order valence-corrected chi connectivity index (χ3v) is 3.71. The van der Waals surface area contributed by atoms with Crippen LogP contribution in [-0.2, 0) is 0 Å². The quantitative estimate of drug-likeness (QED) is 0.642. The van der Waals surface area contributed by atoms with Crippen LogP contribution in [0.3, 0.4) is 0 Å². The van der Waals surface area contributed by atoms with Crippen LogP contribution in [0.1, 0.15) is 0 Å². The minimum Gasteiger partial charge on any atom is -0.307 e. The molecule has 0 atom stereocenters. The van der Waals surface area contributed by atoms with E-state index >= 15 is 0 Å². The van der Waals surface area contributed by atoms with Gasteiger partial charge in [0.05, 0.1) is 16.4 Å². The Hall–Kier alpha value is -2.78. The van der Waals surface area contributed by atoms with Gasteiger partial charge in [0.1, 0.15) is 0 Å². The van der Waals surface area contributed by atoms with Crippen molar-refractivity contribution in [2.75, 3.05) is 10.6 Å². The molecule has 0 unspecified atom stereocenters. The van der Waals surface area contributed by atoms with Gasteiger partial charge in [-0.1, -0.05) is 72.3 Å². The van der Waals surface area contributed by atoms with Gasteiger partial charge in [-0.3, -0.25) is 0 Å². The standard InChI is InChI=1S/C19H15ClN2O/c20-16-11-5-7-13-18(16)22-19(23)21-17-12-6-4-10-15(17)14-8-2-1-3-9-14/h1-13H,(H2,21,22,23). The van der Waals surface area contributed by atoms with Crippen LogP contribution in [0, 0.1) is 0 Å². The zero-order valence-electron chi connectivity index (χ0n) is 12.3. The fraction of sp³-hybridized carbons (Fsp3) is 0. The molecule has 3 aromatic carbocycles. The first kappa shape index (κ1) is 15.1. The van der Waals surface area contributed by atoms with Crippen molar-refractivity contribution in [3.63, 3.8) is 0 Å². The van der Waals surface area contributed by atoms with Gasteiger partial charge >= 0.3 is 6.03 Å². The number of amides is 2. The van der Waals surface area contributed by atoms with Gasteiger partial charge in [-0.2, -0.15) is 0 Å². The molecular formula is C19H15ClN2O. The van der Waals surface area contributed by atoms with Crippen molar-refractivity contribution in [2.24, 2.45) is 0 Å². The minimum atomic E-state index is -0.332. The summed E-state index contributed by atoms with van der Waals surface area (Å²) in [4.78, 5) is 12.2. The van der Waals surface area contributed by atoms with Crippen molar-refractivity contribution in [1.82, 2.24) is 0 Å². The van der Waals surface area contributed by atoms with E-state index in [1.54, 1.807) is 12.1 Å². The first-order valence-corrected chi connectivity index (χ1v) is 7.59. The molecule has 0 fully saturated rings. The summed E-state index contributed by atoms with van der Waals surface area (Å²) in [5.41, 5.74) is 3.32. The second-order valence-electron chi connectivity index (χ2n) is 4.97. The molecule has 0 bridgehead atoms. The molecule has 114 valence electrons. The van der Waals surface area contributed by atoms with Gasteiger partial charge in [0.25, 0.3) is 0 Å². The maximum Gasteiger partial charge on any atom is 0.323 e. The maximum absolute atomic E-state index is 12.2. The second-order valence-corrected chi connectivity index (χ2v) is 5.38. The van der Waals surface area contributed by atoms with Gasteiger partial charge < -0.3 is 10.6 Å². The van der Waals surface area contributed by atoms with E-state index in [1.807, 2.05) is 66.7 Å². The molecule has 0 aromatic heterocycles. The van der Waals surface area contributed by atoms with E-state index in [0.29, 0.717) is 10.7 Å². The van der Waals surface area contributed by atoms with E-state index in [4.69, 9.17) is 11.6 Å². The molecule has 0 saturated heterocycles. The number of hydrogen-bond acceptors (Lipinski definition) is 1. The first-order valence-electron chi connectivity index (χ1n) is 7.21. The molecule has 4 heteroatoms. The predicted molar refractivity (Wildman–Crippen MR) is 96.0 cm³/mol. The largest absolute Gasteiger partial charge is 0.323 e. The average Bonchev–Trinajstić information content (AvgIpc) is 2.58. The lowest BCUT2D eigenvalue weighted by atomic mass is 10.0. The van der Waals surface area contributed by atoms with E-state index in [-0.39, 0.29) is 6.03 Å². The molecular weight excluding hydrogens is 308 g/mol. The van der Waals surface area contributed by atoms with Crippen molar-refractivity contribution in [1.29, 1.82) is 0 Å². The molecule has 0 aliphatic rings. The van der Waals surface area contributed by atoms with Gasteiger partial charge in [0.2, 0.25) is 0 Å². The zero-order chi connectivity index (χ0) is 16.1. The van der Waals surface area contributed by atoms with Gasteiger partial charge in [0.15, 0.2) is 0 Å². The number of halogens is 1. The molecule has 0 saturated carbocycles. The fourth-order valence-electron chi connectivity index (χ4n) is 2.30. The summed E-state index contributed by atoms with van der Waals surface area (Å²) < 4.78 is 0. The number of carbonyl (C=O) groups is 1. The van der Waals surface area contributed by atoms with E-state index < -0.39 is 0 Å². The molecule has 0 spiro atoms. The van der Waals surface area contributed by atoms with Crippen LogP contribution in [0.2, 0.25) is 5.02 Å². The lowest BCUT2D eigenvalue weighted by molar-refractivity contribution is 0.262. The summed E-state index contributed by atoms with van der Waals surface area (Å²) in [6.45, 7) is 0. The molecule has 3 nitrogen and oxygen atoms in total. The molecule has 2 amide bonds. The number of carbonyl (C=O) groups excluding carboxylic acids is 1. The maximum atomic E-state index is 12.2. The number of urea groups is 1. The van der Waals surface area contributed by atoms with Crippen LogP contribution < -0.4 is 10.6 Å². The van der Waals surface area contributed by atoms with Crippen molar-refractivity contribution in [2.45, 2.75) is 0 Å². The SMILES string of the molecule is O=C(Nc1ccccc1Cl)Nc1ccccc1-c1ccccc1. The number of rotatable bonds is 3. The minimum absolute atomic E-state index is 0.332. The number of anilines is 2. The Morgan fingerprint density at radius 3 is 2.00 bits per heavy atom. The molecule has 2 N–H and O–H groups in total. The molecule has 0 aliphatic carbocycles. The number of para-hydroxylation sites is 2. The van der Waals surface area contributed by atoms with Crippen LogP contribution in [0.25, 0.3) is 11.1 Å². The molecule has 3 aromatic rings. The van der Waals surface area contributed by atoms with Crippen molar-refractivity contribution in [3.05, 3.63) is 83.9 Å². The van der Waals surface area contributed by atoms with E-state index in [0.717, 1.165) is 16.8 Å². The normalized spacial score (nSPS) is 10.1. The van der Waals surface area contributed by atoms with E-state index in [2.05, 4.69) is 10.6 Å². The Bertz CT molecular complexity index is 818. The summed E-state index contributed by atoms with van der Waals surface area (Å²) in [6.07, 6.45) is 0. The van der Waals surface area contributed by atoms with Gasteiger partial charge in [-0.15, -0.1) is 0 Å². The van der Waals surface area contributed by atoms with Crippen molar-refractivity contribution < 1.29 is 4.79 Å². The topological polar surface area (TPSA) is 41.1 Å². The molecule has 0 heterocycles. The Morgan fingerprint density at radius 2 is 1.26 bits per heavy atom. The monoisotopic (exact) mass is 322 g/mol. The summed E-state index contributed by atoms with van der Waals surface area (Å²) in [5, 5.41) is 6.13. The van der Waals surface area contributed by atoms with Crippen LogP contribution >= 0.6 is 11.6 Å². The highest BCUT2D eigenvalue weighted by atomic mass is 35.5. The molecule has 0 radical (unpaired) electrons. The third kappa shape index (κ3) is 3.71. The molecule has 23 heavy (non-hydrogen) atoms. The smallest absolute Gasteiger partial charge is 0.307 e. The Kier molecular flexibility index (Phi) is 4.60. The van der Waals surface area contributed by atoms with Crippen molar-refractivity contribution >= 4 is 29.0 Å². The molecule has 3 rings (SSSR count). The van der Waals surface area contributed by atoms with E-state index in [9.17, 15) is 4.79 Å². The summed E-state index contributed by atoms with van der Waals surface area (Å²) in [5.74, 6) is 0. The van der Waals surface area contributed by atoms with Crippen molar-refractivity contribution in [3.8, 4) is 11.1 Å². The molecule has 0 aliphatic heterocycles. The van der Waals surface area contributed by atoms with Crippen LogP contribution in [0.5, 0.6) is 0 Å². The summed E-state index contributed by atoms with van der Waals surface area (Å²) in [7, 11) is 0. The zero-order valence-corrected chi connectivity index (χ0v) is 13.0. The van der Waals surface area contributed by atoms with E-state index in [1.165, 1.54) is 0 Å². The Morgan fingerprint density at radius 1 is 0.696 bits per heavy atom. The second kappa shape index (κ2) is 6.99.